The summed E-state index contributed by atoms with van der Waals surface area (Å²) >= 11 is 0. The summed E-state index contributed by atoms with van der Waals surface area (Å²) in [6, 6.07) is 11.9. The first-order chi connectivity index (χ1) is 18.9. The van der Waals surface area contributed by atoms with Crippen molar-refractivity contribution in [1.82, 2.24) is 29.3 Å². The first-order valence-electron chi connectivity index (χ1n) is 14.0. The standard InChI is InChI=1S/C30H37N7O2/c1-20-19-26(20)29(39)36-17-10-21(11-18-36)25-5-4-14-37-27(25)32-30(33-37)31-23-8-6-22(7-9-23)28(38)35(3)24-12-15-34(2)16-13-24/h4-10,14,20,24,26H,11-13,15-19H2,1-3H3,(H,31,33). The van der Waals surface area contributed by atoms with Crippen molar-refractivity contribution in [3.8, 4) is 0 Å². The molecule has 6 rings (SSSR count). The summed E-state index contributed by atoms with van der Waals surface area (Å²) in [5.41, 5.74) is 4.53. The highest BCUT2D eigenvalue weighted by Crippen LogP contribution is 2.40. The number of anilines is 2. The summed E-state index contributed by atoms with van der Waals surface area (Å²) < 4.78 is 1.79. The van der Waals surface area contributed by atoms with Crippen LogP contribution < -0.4 is 5.32 Å². The highest BCUT2D eigenvalue weighted by atomic mass is 16.2. The molecule has 1 saturated carbocycles. The second-order valence-corrected chi connectivity index (χ2v) is 11.4. The topological polar surface area (TPSA) is 86.1 Å². The van der Waals surface area contributed by atoms with E-state index >= 15 is 0 Å². The molecule has 39 heavy (non-hydrogen) atoms. The lowest BCUT2D eigenvalue weighted by Gasteiger charge is -2.35. The molecule has 3 aromatic rings. The van der Waals surface area contributed by atoms with Gasteiger partial charge < -0.3 is 20.0 Å². The largest absolute Gasteiger partial charge is 0.339 e. The molecule has 1 aliphatic carbocycles. The van der Waals surface area contributed by atoms with Crippen LogP contribution >= 0.6 is 0 Å². The highest BCUT2D eigenvalue weighted by molar-refractivity contribution is 5.94. The number of benzene rings is 1. The molecule has 0 spiro atoms. The predicted molar refractivity (Wildman–Crippen MR) is 152 cm³/mol. The molecule has 2 aromatic heterocycles. The van der Waals surface area contributed by atoms with Gasteiger partial charge in [0, 0.05) is 55.1 Å². The third kappa shape index (κ3) is 5.28. The summed E-state index contributed by atoms with van der Waals surface area (Å²) in [4.78, 5) is 36.6. The number of likely N-dealkylation sites (tertiary alicyclic amines) is 1. The number of nitrogens with zero attached hydrogens (tertiary/aromatic N) is 6. The minimum absolute atomic E-state index is 0.0549. The van der Waals surface area contributed by atoms with Gasteiger partial charge in [-0.2, -0.15) is 4.98 Å². The number of carbonyl (C=O) groups is 2. The van der Waals surface area contributed by atoms with Gasteiger partial charge in [0.1, 0.15) is 0 Å². The summed E-state index contributed by atoms with van der Waals surface area (Å²) in [6.07, 6.45) is 7.90. The maximum atomic E-state index is 13.0. The fraction of sp³-hybridized carbons (Fsp3) is 0.467. The van der Waals surface area contributed by atoms with Crippen LogP contribution in [0.3, 0.4) is 0 Å². The minimum atomic E-state index is 0.0549. The number of amides is 2. The van der Waals surface area contributed by atoms with Crippen LogP contribution in [0.4, 0.5) is 11.6 Å². The smallest absolute Gasteiger partial charge is 0.253 e. The fourth-order valence-corrected chi connectivity index (χ4v) is 5.80. The van der Waals surface area contributed by atoms with Crippen molar-refractivity contribution in [2.75, 3.05) is 45.6 Å². The van der Waals surface area contributed by atoms with Gasteiger partial charge in [0.2, 0.25) is 11.9 Å². The Morgan fingerprint density at radius 1 is 1.08 bits per heavy atom. The number of nitrogens with one attached hydrogen (secondary N) is 1. The Morgan fingerprint density at radius 2 is 1.82 bits per heavy atom. The van der Waals surface area contributed by atoms with E-state index < -0.39 is 0 Å². The van der Waals surface area contributed by atoms with Crippen molar-refractivity contribution in [1.29, 1.82) is 0 Å². The van der Waals surface area contributed by atoms with Crippen LogP contribution in [0.15, 0.2) is 48.7 Å². The normalized spacial score (nSPS) is 22.0. The number of pyridine rings is 1. The lowest BCUT2D eigenvalue weighted by atomic mass is 10.00. The number of fused-ring (bicyclic) bond motifs is 1. The molecule has 3 aliphatic rings. The second kappa shape index (κ2) is 10.4. The van der Waals surface area contributed by atoms with E-state index in [-0.39, 0.29) is 17.9 Å². The van der Waals surface area contributed by atoms with Crippen LogP contribution in [0.5, 0.6) is 0 Å². The third-order valence-electron chi connectivity index (χ3n) is 8.60. The lowest BCUT2D eigenvalue weighted by Crippen LogP contribution is -2.44. The summed E-state index contributed by atoms with van der Waals surface area (Å²) in [5.74, 6) is 1.60. The Hall–Kier alpha value is -3.72. The number of rotatable bonds is 6. The molecule has 2 unspecified atom stereocenters. The number of carbonyl (C=O) groups excluding carboxylic acids is 2. The quantitative estimate of drug-likeness (QED) is 0.523. The van der Waals surface area contributed by atoms with Crippen LogP contribution in [0.2, 0.25) is 0 Å². The maximum Gasteiger partial charge on any atom is 0.253 e. The van der Waals surface area contributed by atoms with Gasteiger partial charge >= 0.3 is 0 Å². The highest BCUT2D eigenvalue weighted by Gasteiger charge is 2.41. The zero-order chi connectivity index (χ0) is 27.1. The first-order valence-corrected chi connectivity index (χ1v) is 14.0. The van der Waals surface area contributed by atoms with Gasteiger partial charge in [0.15, 0.2) is 5.65 Å². The fourth-order valence-electron chi connectivity index (χ4n) is 5.80. The number of aromatic nitrogens is 3. The molecule has 2 fully saturated rings. The van der Waals surface area contributed by atoms with Gasteiger partial charge in [-0.1, -0.05) is 13.0 Å². The molecule has 0 radical (unpaired) electrons. The summed E-state index contributed by atoms with van der Waals surface area (Å²) in [5, 5.41) is 7.91. The van der Waals surface area contributed by atoms with Crippen LogP contribution in [-0.2, 0) is 4.79 Å². The number of hydrogen-bond acceptors (Lipinski definition) is 6. The van der Waals surface area contributed by atoms with Crippen molar-refractivity contribution < 1.29 is 9.59 Å². The molecule has 1 aromatic carbocycles. The molecule has 204 valence electrons. The van der Waals surface area contributed by atoms with Gasteiger partial charge in [0.05, 0.1) is 0 Å². The van der Waals surface area contributed by atoms with Gasteiger partial charge in [-0.25, -0.2) is 4.52 Å². The number of piperidine rings is 1. The monoisotopic (exact) mass is 527 g/mol. The average molecular weight is 528 g/mol. The van der Waals surface area contributed by atoms with E-state index in [0.29, 0.717) is 29.9 Å². The zero-order valence-corrected chi connectivity index (χ0v) is 23.0. The minimum Gasteiger partial charge on any atom is -0.339 e. The molecule has 4 heterocycles. The van der Waals surface area contributed by atoms with E-state index in [1.165, 1.54) is 5.57 Å². The number of hydrogen-bond donors (Lipinski definition) is 1. The second-order valence-electron chi connectivity index (χ2n) is 11.4. The Labute approximate surface area is 229 Å². The van der Waals surface area contributed by atoms with Crippen LogP contribution in [0, 0.1) is 11.8 Å². The Balaban J connectivity index is 1.13. The Kier molecular flexibility index (Phi) is 6.85. The van der Waals surface area contributed by atoms with Crippen molar-refractivity contribution in [2.45, 2.75) is 38.6 Å². The predicted octanol–water partition coefficient (Wildman–Crippen LogP) is 3.91. The Bertz CT molecular complexity index is 1400. The summed E-state index contributed by atoms with van der Waals surface area (Å²) in [6.45, 7) is 5.58. The lowest BCUT2D eigenvalue weighted by molar-refractivity contribution is -0.132. The van der Waals surface area contributed by atoms with Crippen molar-refractivity contribution in [3.63, 3.8) is 0 Å². The molecular weight excluding hydrogens is 490 g/mol. The molecule has 0 bridgehead atoms. The first kappa shape index (κ1) is 25.6. The van der Waals surface area contributed by atoms with Crippen molar-refractivity contribution in [2.24, 2.45) is 11.8 Å². The van der Waals surface area contributed by atoms with Crippen LogP contribution in [0.1, 0.15) is 48.5 Å². The van der Waals surface area contributed by atoms with Crippen molar-refractivity contribution in [3.05, 3.63) is 59.8 Å². The van der Waals surface area contributed by atoms with E-state index in [9.17, 15) is 9.59 Å². The SMILES string of the molecule is CC1CC1C(=O)N1CC=C(c2cccn3nc(Nc4ccc(C(=O)N(C)C5CCN(C)CC5)cc4)nc23)CC1. The van der Waals surface area contributed by atoms with E-state index in [2.05, 4.69) is 41.4 Å². The van der Waals surface area contributed by atoms with E-state index in [0.717, 1.165) is 62.2 Å². The van der Waals surface area contributed by atoms with Gasteiger partial charge in [0.25, 0.3) is 5.91 Å². The van der Waals surface area contributed by atoms with Crippen molar-refractivity contribution >= 4 is 34.7 Å². The van der Waals surface area contributed by atoms with E-state index in [1.807, 2.05) is 53.4 Å². The molecular formula is C30H37N7O2. The van der Waals surface area contributed by atoms with Gasteiger partial charge in [-0.05, 0) is 93.7 Å². The van der Waals surface area contributed by atoms with E-state index in [4.69, 9.17) is 4.98 Å². The summed E-state index contributed by atoms with van der Waals surface area (Å²) in [7, 11) is 4.04. The molecule has 9 heteroatoms. The maximum absolute atomic E-state index is 13.0. The van der Waals surface area contributed by atoms with E-state index in [1.54, 1.807) is 4.52 Å². The molecule has 9 nitrogen and oxygen atoms in total. The van der Waals surface area contributed by atoms with Crippen LogP contribution in [-0.4, -0.2) is 87.4 Å². The molecule has 2 atom stereocenters. The molecule has 2 aliphatic heterocycles. The molecule has 1 N–H and O–H groups in total. The average Bonchev–Trinajstić information content (AvgIpc) is 3.55. The van der Waals surface area contributed by atoms with Gasteiger partial charge in [-0.3, -0.25) is 9.59 Å². The van der Waals surface area contributed by atoms with Crippen LogP contribution in [0.25, 0.3) is 11.2 Å². The zero-order valence-electron chi connectivity index (χ0n) is 23.0. The molecule has 2 amide bonds. The third-order valence-corrected chi connectivity index (χ3v) is 8.60. The van der Waals surface area contributed by atoms with Gasteiger partial charge in [-0.15, -0.1) is 5.10 Å². The molecule has 1 saturated heterocycles. The Morgan fingerprint density at radius 3 is 2.49 bits per heavy atom.